The largest absolute Gasteiger partial charge is 0.438 e. The minimum absolute atomic E-state index is 0.474. The van der Waals surface area contributed by atoms with Crippen LogP contribution in [0.4, 0.5) is 0 Å². The molecule has 0 amide bonds. The van der Waals surface area contributed by atoms with Gasteiger partial charge in [-0.15, -0.1) is 0 Å². The predicted octanol–water partition coefficient (Wildman–Crippen LogP) is 4.36. The van der Waals surface area contributed by atoms with E-state index in [2.05, 4.69) is 21.0 Å². The quantitative estimate of drug-likeness (QED) is 0.560. The van der Waals surface area contributed by atoms with E-state index in [-0.39, 0.29) is 0 Å². The average Bonchev–Trinajstić information content (AvgIpc) is 2.69. The summed E-state index contributed by atoms with van der Waals surface area (Å²) in [6, 6.07) is 20.4. The second-order valence-electron chi connectivity index (χ2n) is 5.34. The van der Waals surface area contributed by atoms with Crippen LogP contribution in [0.15, 0.2) is 73.1 Å². The lowest BCUT2D eigenvalue weighted by atomic mass is 10.2. The smallest absolute Gasteiger partial charge is 0.230 e. The molecule has 0 saturated heterocycles. The van der Waals surface area contributed by atoms with Gasteiger partial charge < -0.3 is 4.74 Å². The van der Waals surface area contributed by atoms with Gasteiger partial charge in [-0.2, -0.15) is 10.2 Å². The summed E-state index contributed by atoms with van der Waals surface area (Å²) in [4.78, 5) is 13.2. The molecule has 0 aliphatic rings. The number of hydrogen-bond donors (Lipinski definition) is 0. The lowest BCUT2D eigenvalue weighted by Gasteiger charge is -2.10. The van der Waals surface area contributed by atoms with Gasteiger partial charge in [-0.25, -0.2) is 4.98 Å². The summed E-state index contributed by atoms with van der Waals surface area (Å²) in [5, 5.41) is 9.73. The van der Waals surface area contributed by atoms with Crippen LogP contribution in [0.1, 0.15) is 5.56 Å². The van der Waals surface area contributed by atoms with Crippen molar-refractivity contribution in [3.8, 4) is 29.1 Å². The average molecular weight is 324 g/mol. The first-order valence-electron chi connectivity index (χ1n) is 7.69. The Balaban J connectivity index is 1.82. The molecule has 0 fully saturated rings. The van der Waals surface area contributed by atoms with Crippen molar-refractivity contribution in [3.63, 3.8) is 0 Å². The van der Waals surface area contributed by atoms with E-state index in [0.29, 0.717) is 23.0 Å². The van der Waals surface area contributed by atoms with Crippen LogP contribution < -0.4 is 4.74 Å². The van der Waals surface area contributed by atoms with Gasteiger partial charge in [0.2, 0.25) is 5.88 Å². The molecule has 25 heavy (non-hydrogen) atoms. The highest BCUT2D eigenvalue weighted by Gasteiger charge is 2.11. The zero-order chi connectivity index (χ0) is 17.1. The number of para-hydroxylation sites is 1. The molecule has 118 valence electrons. The third-order valence-corrected chi connectivity index (χ3v) is 3.70. The molecule has 0 N–H and O–H groups in total. The Labute approximate surface area is 144 Å². The fourth-order valence-corrected chi connectivity index (χ4v) is 2.46. The first kappa shape index (κ1) is 14.8. The molecule has 0 radical (unpaired) electrons. The molecule has 2 heterocycles. The number of hydrogen-bond acceptors (Lipinski definition) is 5. The summed E-state index contributed by atoms with van der Waals surface area (Å²) in [5.74, 6) is 1.66. The van der Waals surface area contributed by atoms with Gasteiger partial charge in [0, 0.05) is 18.0 Å². The second-order valence-corrected chi connectivity index (χ2v) is 5.34. The van der Waals surface area contributed by atoms with E-state index in [0.717, 1.165) is 16.5 Å². The normalized spacial score (nSPS) is 10.4. The zero-order valence-electron chi connectivity index (χ0n) is 13.1. The highest BCUT2D eigenvalue weighted by atomic mass is 16.5. The summed E-state index contributed by atoms with van der Waals surface area (Å²) in [6.45, 7) is 0. The van der Waals surface area contributed by atoms with Gasteiger partial charge in [-0.05, 0) is 48.5 Å². The molecule has 0 unspecified atom stereocenters. The standard InChI is InChI=1S/C20H12N4O/c21-13-14-5-7-16(8-6-14)25-20-17-3-1-2-4-18(17)23-19(24-20)15-9-11-22-12-10-15/h1-12H. The molecule has 0 aliphatic heterocycles. The van der Waals surface area contributed by atoms with E-state index in [9.17, 15) is 0 Å². The number of rotatable bonds is 3. The number of pyridine rings is 1. The van der Waals surface area contributed by atoms with E-state index in [4.69, 9.17) is 10.00 Å². The number of nitrogens with zero attached hydrogens (tertiary/aromatic N) is 4. The molecule has 0 atom stereocenters. The van der Waals surface area contributed by atoms with Gasteiger partial charge >= 0.3 is 0 Å². The van der Waals surface area contributed by atoms with Gasteiger partial charge in [0.25, 0.3) is 0 Å². The molecule has 4 rings (SSSR count). The Morgan fingerprint density at radius 1 is 0.840 bits per heavy atom. The van der Waals surface area contributed by atoms with Crippen molar-refractivity contribution in [1.82, 2.24) is 15.0 Å². The van der Waals surface area contributed by atoms with E-state index >= 15 is 0 Å². The molecular weight excluding hydrogens is 312 g/mol. The van der Waals surface area contributed by atoms with Crippen LogP contribution in [0.3, 0.4) is 0 Å². The molecule has 0 spiro atoms. The summed E-state index contributed by atoms with van der Waals surface area (Å²) in [5.41, 5.74) is 2.25. The lowest BCUT2D eigenvalue weighted by molar-refractivity contribution is 0.469. The van der Waals surface area contributed by atoms with Crippen molar-refractivity contribution in [2.45, 2.75) is 0 Å². The molecule has 0 saturated carbocycles. The van der Waals surface area contributed by atoms with E-state index < -0.39 is 0 Å². The van der Waals surface area contributed by atoms with Crippen molar-refractivity contribution in [3.05, 3.63) is 78.6 Å². The minimum Gasteiger partial charge on any atom is -0.438 e. The van der Waals surface area contributed by atoms with Gasteiger partial charge in [0.15, 0.2) is 5.82 Å². The first-order valence-corrected chi connectivity index (χ1v) is 7.69. The predicted molar refractivity (Wildman–Crippen MR) is 94.0 cm³/mol. The number of aromatic nitrogens is 3. The molecule has 2 aromatic heterocycles. The molecule has 0 aliphatic carbocycles. The number of benzene rings is 2. The van der Waals surface area contributed by atoms with Crippen molar-refractivity contribution in [2.75, 3.05) is 0 Å². The summed E-state index contributed by atoms with van der Waals surface area (Å²) in [7, 11) is 0. The van der Waals surface area contributed by atoms with Crippen LogP contribution in [0.5, 0.6) is 11.6 Å². The Hall–Kier alpha value is -3.78. The van der Waals surface area contributed by atoms with Crippen LogP contribution in [0.25, 0.3) is 22.3 Å². The summed E-state index contributed by atoms with van der Waals surface area (Å²) in [6.07, 6.45) is 3.41. The molecule has 0 bridgehead atoms. The van der Waals surface area contributed by atoms with Crippen molar-refractivity contribution < 1.29 is 4.74 Å². The maximum absolute atomic E-state index is 8.91. The van der Waals surface area contributed by atoms with Crippen LogP contribution in [0.2, 0.25) is 0 Å². The second kappa shape index (κ2) is 6.38. The fraction of sp³-hybridized carbons (Fsp3) is 0. The lowest BCUT2D eigenvalue weighted by Crippen LogP contribution is -1.96. The summed E-state index contributed by atoms with van der Waals surface area (Å²) >= 11 is 0. The summed E-state index contributed by atoms with van der Waals surface area (Å²) < 4.78 is 5.98. The molecule has 5 nitrogen and oxygen atoms in total. The van der Waals surface area contributed by atoms with Gasteiger partial charge in [0.05, 0.1) is 22.5 Å². The fourth-order valence-electron chi connectivity index (χ4n) is 2.46. The Morgan fingerprint density at radius 3 is 2.36 bits per heavy atom. The third kappa shape index (κ3) is 3.01. The van der Waals surface area contributed by atoms with Crippen molar-refractivity contribution in [1.29, 1.82) is 5.26 Å². The Morgan fingerprint density at radius 2 is 1.60 bits per heavy atom. The number of fused-ring (bicyclic) bond motifs is 1. The molecular formula is C20H12N4O. The maximum Gasteiger partial charge on any atom is 0.230 e. The number of ether oxygens (including phenoxy) is 1. The highest BCUT2D eigenvalue weighted by molar-refractivity contribution is 5.85. The van der Waals surface area contributed by atoms with Crippen LogP contribution >= 0.6 is 0 Å². The van der Waals surface area contributed by atoms with E-state index in [1.54, 1.807) is 36.7 Å². The van der Waals surface area contributed by atoms with E-state index in [1.165, 1.54) is 0 Å². The van der Waals surface area contributed by atoms with Crippen LogP contribution in [-0.2, 0) is 0 Å². The van der Waals surface area contributed by atoms with Crippen molar-refractivity contribution in [2.24, 2.45) is 0 Å². The van der Waals surface area contributed by atoms with Crippen molar-refractivity contribution >= 4 is 10.9 Å². The SMILES string of the molecule is N#Cc1ccc(Oc2nc(-c3ccncc3)nc3ccccc23)cc1. The highest BCUT2D eigenvalue weighted by Crippen LogP contribution is 2.29. The maximum atomic E-state index is 8.91. The van der Waals surface area contributed by atoms with Crippen LogP contribution in [-0.4, -0.2) is 15.0 Å². The van der Waals surface area contributed by atoms with Gasteiger partial charge in [-0.3, -0.25) is 4.98 Å². The topological polar surface area (TPSA) is 71.7 Å². The molecule has 5 heteroatoms. The van der Waals surface area contributed by atoms with Gasteiger partial charge in [0.1, 0.15) is 5.75 Å². The minimum atomic E-state index is 0.474. The zero-order valence-corrected chi connectivity index (χ0v) is 13.1. The molecule has 2 aromatic carbocycles. The van der Waals surface area contributed by atoms with Crippen LogP contribution in [0, 0.1) is 11.3 Å². The third-order valence-electron chi connectivity index (χ3n) is 3.70. The molecule has 4 aromatic rings. The van der Waals surface area contributed by atoms with Gasteiger partial charge in [-0.1, -0.05) is 12.1 Å². The first-order chi connectivity index (χ1) is 12.3. The number of nitriles is 1. The monoisotopic (exact) mass is 324 g/mol. The van der Waals surface area contributed by atoms with E-state index in [1.807, 2.05) is 36.4 Å². The Bertz CT molecular complexity index is 1070. The Kier molecular flexibility index (Phi) is 3.77.